The lowest BCUT2D eigenvalue weighted by Gasteiger charge is -2.26. The summed E-state index contributed by atoms with van der Waals surface area (Å²) in [5.74, 6) is 0.711. The van der Waals surface area contributed by atoms with E-state index in [4.69, 9.17) is 15.2 Å². The number of nitrogens with two attached hydrogens (primary N) is 1. The van der Waals surface area contributed by atoms with Gasteiger partial charge in [-0.1, -0.05) is 0 Å². The van der Waals surface area contributed by atoms with Crippen molar-refractivity contribution < 1.29 is 9.47 Å². The minimum absolute atomic E-state index is 0.104. The number of ether oxygens (including phenoxy) is 2. The molecule has 1 saturated heterocycles. The molecular formula is C19H24N6O3. The number of imidazole rings is 1. The molecule has 9 heteroatoms. The SMILES string of the molecule is CCOCn1ccnc1-c1cc2c(C)nc(N)nc2n([C@H]2CCCOC2)c1=O. The van der Waals surface area contributed by atoms with Gasteiger partial charge in [-0.2, -0.15) is 4.98 Å². The molecule has 0 saturated carbocycles. The van der Waals surface area contributed by atoms with E-state index >= 15 is 0 Å². The summed E-state index contributed by atoms with van der Waals surface area (Å²) < 4.78 is 14.7. The molecule has 0 radical (unpaired) electrons. The van der Waals surface area contributed by atoms with Crippen molar-refractivity contribution >= 4 is 17.0 Å². The van der Waals surface area contributed by atoms with E-state index in [0.29, 0.717) is 43.6 Å². The Morgan fingerprint density at radius 3 is 3.00 bits per heavy atom. The smallest absolute Gasteiger partial charge is 0.263 e. The fraction of sp³-hybridized carbons (Fsp3) is 0.474. The first-order chi connectivity index (χ1) is 13.6. The highest BCUT2D eigenvalue weighted by Gasteiger charge is 2.24. The van der Waals surface area contributed by atoms with E-state index in [9.17, 15) is 4.79 Å². The van der Waals surface area contributed by atoms with Crippen LogP contribution in [0.1, 0.15) is 31.5 Å². The zero-order chi connectivity index (χ0) is 19.7. The van der Waals surface area contributed by atoms with Crippen LogP contribution in [0.25, 0.3) is 22.4 Å². The van der Waals surface area contributed by atoms with Crippen LogP contribution in [0.2, 0.25) is 0 Å². The van der Waals surface area contributed by atoms with Gasteiger partial charge in [0, 0.05) is 31.0 Å². The number of nitrogen functional groups attached to an aromatic ring is 1. The molecule has 1 fully saturated rings. The van der Waals surface area contributed by atoms with Gasteiger partial charge in [-0.3, -0.25) is 9.36 Å². The molecule has 0 spiro atoms. The number of pyridine rings is 1. The van der Waals surface area contributed by atoms with Crippen molar-refractivity contribution in [2.75, 3.05) is 25.6 Å². The van der Waals surface area contributed by atoms with Crippen LogP contribution in [-0.4, -0.2) is 43.9 Å². The first-order valence-corrected chi connectivity index (χ1v) is 9.46. The third kappa shape index (κ3) is 3.27. The van der Waals surface area contributed by atoms with E-state index < -0.39 is 0 Å². The summed E-state index contributed by atoms with van der Waals surface area (Å²) in [5.41, 5.74) is 7.46. The second kappa shape index (κ2) is 7.69. The highest BCUT2D eigenvalue weighted by Crippen LogP contribution is 2.27. The molecule has 3 aromatic rings. The summed E-state index contributed by atoms with van der Waals surface area (Å²) in [6.07, 6.45) is 5.20. The zero-order valence-electron chi connectivity index (χ0n) is 16.1. The summed E-state index contributed by atoms with van der Waals surface area (Å²) >= 11 is 0. The number of hydrogen-bond donors (Lipinski definition) is 1. The van der Waals surface area contributed by atoms with Crippen LogP contribution >= 0.6 is 0 Å². The molecule has 148 valence electrons. The number of hydrogen-bond acceptors (Lipinski definition) is 7. The van der Waals surface area contributed by atoms with Gasteiger partial charge >= 0.3 is 0 Å². The van der Waals surface area contributed by atoms with Crippen LogP contribution in [0.5, 0.6) is 0 Å². The average Bonchev–Trinajstić information content (AvgIpc) is 3.15. The summed E-state index contributed by atoms with van der Waals surface area (Å²) in [4.78, 5) is 26.6. The average molecular weight is 384 g/mol. The molecule has 0 bridgehead atoms. The Kier molecular flexibility index (Phi) is 5.10. The standard InChI is InChI=1S/C19H24N6O3/c1-3-27-11-24-7-6-21-16(24)15-9-14-12(2)22-19(20)23-17(14)25(18(15)26)13-5-4-8-28-10-13/h6-7,9,13H,3-5,8,10-11H2,1-2H3,(H2,20,22,23)/t13-/m0/s1. The van der Waals surface area contributed by atoms with Crippen molar-refractivity contribution in [1.82, 2.24) is 24.1 Å². The molecule has 0 aromatic carbocycles. The first-order valence-electron chi connectivity index (χ1n) is 9.46. The lowest BCUT2D eigenvalue weighted by molar-refractivity contribution is 0.0593. The molecular weight excluding hydrogens is 360 g/mol. The molecule has 1 atom stereocenters. The van der Waals surface area contributed by atoms with Crippen LogP contribution in [0.15, 0.2) is 23.3 Å². The monoisotopic (exact) mass is 384 g/mol. The van der Waals surface area contributed by atoms with Crippen LogP contribution in [0.4, 0.5) is 5.95 Å². The molecule has 4 heterocycles. The van der Waals surface area contributed by atoms with Gasteiger partial charge in [-0.25, -0.2) is 9.97 Å². The van der Waals surface area contributed by atoms with Gasteiger partial charge in [0.25, 0.3) is 5.56 Å². The maximum absolute atomic E-state index is 13.5. The largest absolute Gasteiger partial charge is 0.379 e. The molecule has 4 rings (SSSR count). The Balaban J connectivity index is 1.97. The third-order valence-electron chi connectivity index (χ3n) is 4.99. The van der Waals surface area contributed by atoms with Crippen molar-refractivity contribution in [3.8, 4) is 11.4 Å². The Labute approximate surface area is 162 Å². The van der Waals surface area contributed by atoms with E-state index in [1.807, 2.05) is 18.4 Å². The van der Waals surface area contributed by atoms with Crippen molar-refractivity contribution in [3.05, 3.63) is 34.5 Å². The Morgan fingerprint density at radius 1 is 1.39 bits per heavy atom. The summed E-state index contributed by atoms with van der Waals surface area (Å²) in [7, 11) is 0. The highest BCUT2D eigenvalue weighted by molar-refractivity contribution is 5.83. The molecule has 1 aliphatic heterocycles. The quantitative estimate of drug-likeness (QED) is 0.715. The number of fused-ring (bicyclic) bond motifs is 1. The van der Waals surface area contributed by atoms with Crippen LogP contribution < -0.4 is 11.3 Å². The third-order valence-corrected chi connectivity index (χ3v) is 4.99. The first kappa shape index (κ1) is 18.6. The van der Waals surface area contributed by atoms with Crippen molar-refractivity contribution in [2.45, 2.75) is 39.5 Å². The molecule has 9 nitrogen and oxygen atoms in total. The molecule has 1 aliphatic rings. The minimum Gasteiger partial charge on any atom is -0.379 e. The number of aryl methyl sites for hydroxylation is 1. The van der Waals surface area contributed by atoms with Gasteiger partial charge in [0.1, 0.15) is 18.2 Å². The Morgan fingerprint density at radius 2 is 2.25 bits per heavy atom. The van der Waals surface area contributed by atoms with Gasteiger partial charge < -0.3 is 19.8 Å². The molecule has 0 amide bonds. The normalized spacial score (nSPS) is 17.3. The van der Waals surface area contributed by atoms with E-state index in [2.05, 4.69) is 15.0 Å². The summed E-state index contributed by atoms with van der Waals surface area (Å²) in [6.45, 7) is 5.86. The van der Waals surface area contributed by atoms with Crippen molar-refractivity contribution in [3.63, 3.8) is 0 Å². The summed E-state index contributed by atoms with van der Waals surface area (Å²) in [5, 5.41) is 0.778. The van der Waals surface area contributed by atoms with E-state index in [-0.39, 0.29) is 17.5 Å². The topological polar surface area (TPSA) is 110 Å². The number of rotatable bonds is 5. The molecule has 28 heavy (non-hydrogen) atoms. The predicted molar refractivity (Wildman–Crippen MR) is 105 cm³/mol. The minimum atomic E-state index is -0.163. The fourth-order valence-corrected chi connectivity index (χ4v) is 3.65. The van der Waals surface area contributed by atoms with Gasteiger partial charge in [0.15, 0.2) is 0 Å². The van der Waals surface area contributed by atoms with Gasteiger partial charge in [0.05, 0.1) is 23.9 Å². The number of aromatic nitrogens is 5. The van der Waals surface area contributed by atoms with E-state index in [1.165, 1.54) is 0 Å². The fourth-order valence-electron chi connectivity index (χ4n) is 3.65. The highest BCUT2D eigenvalue weighted by atomic mass is 16.5. The van der Waals surface area contributed by atoms with Crippen molar-refractivity contribution in [2.24, 2.45) is 0 Å². The number of nitrogens with zero attached hydrogens (tertiary/aromatic N) is 5. The maximum Gasteiger partial charge on any atom is 0.263 e. The van der Waals surface area contributed by atoms with Crippen LogP contribution in [0.3, 0.4) is 0 Å². The summed E-state index contributed by atoms with van der Waals surface area (Å²) in [6, 6.07) is 1.70. The molecule has 0 aliphatic carbocycles. The maximum atomic E-state index is 13.5. The van der Waals surface area contributed by atoms with Gasteiger partial charge in [-0.15, -0.1) is 0 Å². The van der Waals surface area contributed by atoms with Crippen molar-refractivity contribution in [1.29, 1.82) is 0 Å². The van der Waals surface area contributed by atoms with Crippen LogP contribution in [-0.2, 0) is 16.2 Å². The van der Waals surface area contributed by atoms with E-state index in [0.717, 1.165) is 23.9 Å². The second-order valence-corrected chi connectivity index (χ2v) is 6.85. The number of anilines is 1. The van der Waals surface area contributed by atoms with E-state index in [1.54, 1.807) is 23.0 Å². The van der Waals surface area contributed by atoms with Crippen LogP contribution in [0, 0.1) is 6.92 Å². The molecule has 3 aromatic heterocycles. The zero-order valence-corrected chi connectivity index (χ0v) is 16.1. The Bertz CT molecular complexity index is 1050. The lowest BCUT2D eigenvalue weighted by atomic mass is 10.1. The predicted octanol–water partition coefficient (Wildman–Crippen LogP) is 1.89. The van der Waals surface area contributed by atoms with Gasteiger partial charge in [-0.05, 0) is 32.8 Å². The molecule has 0 unspecified atom stereocenters. The second-order valence-electron chi connectivity index (χ2n) is 6.85. The molecule has 2 N–H and O–H groups in total. The van der Waals surface area contributed by atoms with Gasteiger partial charge in [0.2, 0.25) is 5.95 Å². The Hall–Kier alpha value is -2.78. The lowest BCUT2D eigenvalue weighted by Crippen LogP contribution is -2.32.